The Morgan fingerprint density at radius 2 is 2.35 bits per heavy atom. The number of hydrogen-bond donors (Lipinski definition) is 1. The molecule has 1 N–H and O–H groups in total. The van der Waals surface area contributed by atoms with Gasteiger partial charge in [0.15, 0.2) is 0 Å². The molecule has 2 atom stereocenters. The van der Waals surface area contributed by atoms with Gasteiger partial charge in [0.05, 0.1) is 0 Å². The van der Waals surface area contributed by atoms with Gasteiger partial charge < -0.3 is 5.32 Å². The topological polar surface area (TPSA) is 32.3 Å². The monoisotopic (exact) mass is 268 g/mol. The zero-order chi connectivity index (χ0) is 13.7. The fourth-order valence-electron chi connectivity index (χ4n) is 3.71. The molecule has 1 amide bonds. The van der Waals surface area contributed by atoms with Crippen LogP contribution >= 0.6 is 0 Å². The molecule has 4 rings (SSSR count). The minimum Gasteiger partial charge on any atom is -0.350 e. The molecule has 3 heteroatoms. The molecule has 20 heavy (non-hydrogen) atoms. The van der Waals surface area contributed by atoms with E-state index in [4.69, 9.17) is 0 Å². The molecule has 0 bridgehead atoms. The van der Waals surface area contributed by atoms with E-state index >= 15 is 0 Å². The van der Waals surface area contributed by atoms with Gasteiger partial charge in [-0.2, -0.15) is 0 Å². The average Bonchev–Trinajstić information content (AvgIpc) is 2.85. The molecule has 0 radical (unpaired) electrons. The van der Waals surface area contributed by atoms with Crippen LogP contribution in [0.25, 0.3) is 0 Å². The Morgan fingerprint density at radius 1 is 1.45 bits per heavy atom. The Labute approximate surface area is 119 Å². The fraction of sp³-hybridized carbons (Fsp3) is 0.471. The Morgan fingerprint density at radius 3 is 3.20 bits per heavy atom. The molecule has 1 heterocycles. The fourth-order valence-corrected chi connectivity index (χ4v) is 3.71. The van der Waals surface area contributed by atoms with E-state index in [1.54, 1.807) is 0 Å². The quantitative estimate of drug-likeness (QED) is 0.845. The Kier molecular flexibility index (Phi) is 2.71. The van der Waals surface area contributed by atoms with Gasteiger partial charge in [0.1, 0.15) is 0 Å². The lowest BCUT2D eigenvalue weighted by atomic mass is 10.0. The van der Waals surface area contributed by atoms with Crippen molar-refractivity contribution in [1.82, 2.24) is 10.2 Å². The Balaban J connectivity index is 1.37. The summed E-state index contributed by atoms with van der Waals surface area (Å²) in [7, 11) is 0. The number of likely N-dealkylation sites (N-methyl/N-ethyl adjacent to an activating group) is 1. The van der Waals surface area contributed by atoms with Gasteiger partial charge in [-0.1, -0.05) is 19.1 Å². The van der Waals surface area contributed by atoms with Gasteiger partial charge in [0, 0.05) is 24.1 Å². The van der Waals surface area contributed by atoms with Crippen molar-refractivity contribution in [2.24, 2.45) is 5.92 Å². The third-order valence-electron chi connectivity index (χ3n) is 4.93. The first kappa shape index (κ1) is 12.2. The number of allylic oxidation sites excluding steroid dienone is 6. The van der Waals surface area contributed by atoms with Crippen LogP contribution in [0.2, 0.25) is 0 Å². The third kappa shape index (κ3) is 1.80. The van der Waals surface area contributed by atoms with Crippen LogP contribution in [0.15, 0.2) is 46.6 Å². The first-order valence-electron chi connectivity index (χ1n) is 7.66. The second-order valence-corrected chi connectivity index (χ2v) is 6.04. The summed E-state index contributed by atoms with van der Waals surface area (Å²) >= 11 is 0. The van der Waals surface area contributed by atoms with E-state index in [2.05, 4.69) is 35.4 Å². The highest BCUT2D eigenvalue weighted by Crippen LogP contribution is 2.51. The van der Waals surface area contributed by atoms with Gasteiger partial charge in [0.2, 0.25) is 0 Å². The van der Waals surface area contributed by atoms with Crippen molar-refractivity contribution in [1.29, 1.82) is 0 Å². The molecule has 4 aliphatic rings. The summed E-state index contributed by atoms with van der Waals surface area (Å²) in [5.41, 5.74) is 4.72. The maximum absolute atomic E-state index is 12.4. The molecule has 1 unspecified atom stereocenters. The summed E-state index contributed by atoms with van der Waals surface area (Å²) in [6.07, 6.45) is 11.0. The summed E-state index contributed by atoms with van der Waals surface area (Å²) < 4.78 is 0. The zero-order valence-electron chi connectivity index (χ0n) is 11.9. The number of carbonyl (C=O) groups excluding carboxylic acids is 1. The van der Waals surface area contributed by atoms with Crippen molar-refractivity contribution in [3.8, 4) is 0 Å². The number of amides is 1. The number of nitrogens with one attached hydrogen (secondary N) is 1. The molecule has 0 saturated carbocycles. The van der Waals surface area contributed by atoms with Crippen LogP contribution in [0.1, 0.15) is 19.8 Å². The number of rotatable bonds is 4. The molecule has 3 aliphatic carbocycles. The normalized spacial score (nSPS) is 30.2. The lowest BCUT2D eigenvalue weighted by Gasteiger charge is -2.23. The van der Waals surface area contributed by atoms with Gasteiger partial charge in [-0.05, 0) is 54.8 Å². The van der Waals surface area contributed by atoms with Crippen molar-refractivity contribution in [2.45, 2.75) is 25.8 Å². The molecule has 0 aromatic heterocycles. The first-order valence-corrected chi connectivity index (χ1v) is 7.66. The Hall–Kier alpha value is -1.61. The molecule has 3 nitrogen and oxygen atoms in total. The molecule has 0 aromatic carbocycles. The number of fused-ring (bicyclic) bond motifs is 3. The van der Waals surface area contributed by atoms with Crippen LogP contribution in [0.5, 0.6) is 0 Å². The standard InChI is InChI=1S/C17H20N2O/c1-2-19-7-3-4-12(19)10-18-17(20)14-6-5-13-15-8-11(15)9-16(13)14/h5-6,8-9,12,15H,2-4,7,10H2,1H3,(H,18,20)/t12-,15?/m0/s1. The molecule has 1 aliphatic heterocycles. The number of likely N-dealkylation sites (tertiary alicyclic amines) is 1. The first-order chi connectivity index (χ1) is 9.78. The molecule has 0 spiro atoms. The molecule has 104 valence electrons. The van der Waals surface area contributed by atoms with Crippen LogP contribution in [0, 0.1) is 5.92 Å². The van der Waals surface area contributed by atoms with E-state index < -0.39 is 0 Å². The summed E-state index contributed by atoms with van der Waals surface area (Å²) in [5.74, 6) is 0.615. The summed E-state index contributed by atoms with van der Waals surface area (Å²) in [6, 6.07) is 0.520. The van der Waals surface area contributed by atoms with Gasteiger partial charge in [0.25, 0.3) is 5.91 Å². The SMILES string of the molecule is CCN1CCC[C@H]1CNC(=O)C1=CC=C2C1=CC1=CC12. The van der Waals surface area contributed by atoms with E-state index in [0.717, 1.165) is 24.2 Å². The maximum Gasteiger partial charge on any atom is 0.251 e. The van der Waals surface area contributed by atoms with Crippen LogP contribution in [-0.4, -0.2) is 36.5 Å². The van der Waals surface area contributed by atoms with E-state index in [0.29, 0.717) is 12.0 Å². The van der Waals surface area contributed by atoms with Crippen molar-refractivity contribution >= 4 is 5.91 Å². The largest absolute Gasteiger partial charge is 0.350 e. The second-order valence-electron chi connectivity index (χ2n) is 6.04. The highest BCUT2D eigenvalue weighted by Gasteiger charge is 2.39. The lowest BCUT2D eigenvalue weighted by Crippen LogP contribution is -2.40. The number of hydrogen-bond acceptors (Lipinski definition) is 2. The van der Waals surface area contributed by atoms with E-state index in [-0.39, 0.29) is 5.91 Å². The zero-order valence-corrected chi connectivity index (χ0v) is 11.9. The average molecular weight is 268 g/mol. The van der Waals surface area contributed by atoms with Crippen molar-refractivity contribution in [2.75, 3.05) is 19.6 Å². The Bertz CT molecular complexity index is 594. The van der Waals surface area contributed by atoms with E-state index in [9.17, 15) is 4.79 Å². The van der Waals surface area contributed by atoms with Gasteiger partial charge in [-0.15, -0.1) is 0 Å². The third-order valence-corrected chi connectivity index (χ3v) is 4.93. The van der Waals surface area contributed by atoms with Crippen LogP contribution in [0.3, 0.4) is 0 Å². The molecule has 1 fully saturated rings. The molecular weight excluding hydrogens is 248 g/mol. The van der Waals surface area contributed by atoms with Crippen LogP contribution in [0.4, 0.5) is 0 Å². The van der Waals surface area contributed by atoms with Crippen molar-refractivity contribution in [3.63, 3.8) is 0 Å². The van der Waals surface area contributed by atoms with Crippen LogP contribution < -0.4 is 5.32 Å². The van der Waals surface area contributed by atoms with Crippen LogP contribution in [-0.2, 0) is 4.79 Å². The van der Waals surface area contributed by atoms with E-state index in [1.165, 1.54) is 30.5 Å². The molecular formula is C17H20N2O. The second kappa shape index (κ2) is 4.45. The smallest absolute Gasteiger partial charge is 0.251 e. The van der Waals surface area contributed by atoms with Crippen molar-refractivity contribution < 1.29 is 4.79 Å². The lowest BCUT2D eigenvalue weighted by molar-refractivity contribution is -0.117. The maximum atomic E-state index is 12.4. The minimum atomic E-state index is 0.0901. The predicted molar refractivity (Wildman–Crippen MR) is 79.1 cm³/mol. The van der Waals surface area contributed by atoms with E-state index in [1.807, 2.05) is 6.08 Å². The van der Waals surface area contributed by atoms with Gasteiger partial charge >= 0.3 is 0 Å². The molecule has 0 aromatic rings. The summed E-state index contributed by atoms with van der Waals surface area (Å²) in [5, 5.41) is 3.13. The van der Waals surface area contributed by atoms with Gasteiger partial charge in [-0.25, -0.2) is 0 Å². The summed E-state index contributed by atoms with van der Waals surface area (Å²) in [6.45, 7) is 5.22. The highest BCUT2D eigenvalue weighted by atomic mass is 16.1. The number of carbonyl (C=O) groups is 1. The predicted octanol–water partition coefficient (Wildman–Crippen LogP) is 1.95. The molecule has 1 saturated heterocycles. The van der Waals surface area contributed by atoms with Crippen molar-refractivity contribution in [3.05, 3.63) is 46.6 Å². The van der Waals surface area contributed by atoms with Gasteiger partial charge in [-0.3, -0.25) is 9.69 Å². The highest BCUT2D eigenvalue weighted by molar-refractivity contribution is 6.02. The minimum absolute atomic E-state index is 0.0901. The summed E-state index contributed by atoms with van der Waals surface area (Å²) in [4.78, 5) is 14.8. The number of nitrogens with zero attached hydrogens (tertiary/aromatic N) is 1.